The van der Waals surface area contributed by atoms with Crippen LogP contribution in [0.15, 0.2) is 34.4 Å². The average molecular weight is 332 g/mol. The van der Waals surface area contributed by atoms with Crippen LogP contribution in [0, 0.1) is 0 Å². The number of carbonyl (C=O) groups is 2. The van der Waals surface area contributed by atoms with E-state index in [2.05, 4.69) is 25.8 Å². The van der Waals surface area contributed by atoms with Gasteiger partial charge in [-0.3, -0.25) is 9.59 Å². The molecule has 0 fully saturated rings. The molecule has 0 unspecified atom stereocenters. The van der Waals surface area contributed by atoms with E-state index >= 15 is 0 Å². The molecule has 0 spiro atoms. The molecular weight excluding hydrogens is 320 g/mol. The van der Waals surface area contributed by atoms with Gasteiger partial charge < -0.3 is 15.4 Å². The van der Waals surface area contributed by atoms with Crippen LogP contribution >= 0.6 is 11.8 Å². The first-order valence-corrected chi connectivity index (χ1v) is 7.39. The third-order valence-corrected chi connectivity index (χ3v) is 4.17. The quantitative estimate of drug-likeness (QED) is 0.629. The zero-order valence-corrected chi connectivity index (χ0v) is 12.8. The highest BCUT2D eigenvalue weighted by Crippen LogP contribution is 2.33. The van der Waals surface area contributed by atoms with Crippen LogP contribution < -0.4 is 5.32 Å². The number of hydrogen-bond donors (Lipinski definition) is 3. The molecule has 0 atom stereocenters. The number of benzene rings is 1. The highest BCUT2D eigenvalue weighted by molar-refractivity contribution is 7.99. The van der Waals surface area contributed by atoms with E-state index in [9.17, 15) is 9.59 Å². The van der Waals surface area contributed by atoms with E-state index in [1.807, 2.05) is 6.07 Å². The summed E-state index contributed by atoms with van der Waals surface area (Å²) >= 11 is 1.23. The summed E-state index contributed by atoms with van der Waals surface area (Å²) in [5, 5.41) is 23.6. The zero-order valence-electron chi connectivity index (χ0n) is 12.0. The van der Waals surface area contributed by atoms with Crippen LogP contribution in [0.3, 0.4) is 0 Å². The van der Waals surface area contributed by atoms with E-state index in [0.29, 0.717) is 16.2 Å². The first-order valence-electron chi connectivity index (χ1n) is 6.58. The molecule has 10 heteroatoms. The number of fused-ring (bicyclic) bond motifs is 1. The molecule has 9 nitrogen and oxygen atoms in total. The van der Waals surface area contributed by atoms with E-state index in [1.165, 1.54) is 16.4 Å². The van der Waals surface area contributed by atoms with Gasteiger partial charge in [0, 0.05) is 23.5 Å². The molecular formula is C13H12N6O3S. The second kappa shape index (κ2) is 6.08. The van der Waals surface area contributed by atoms with Gasteiger partial charge in [0.05, 0.1) is 11.1 Å². The maximum absolute atomic E-state index is 11.9. The number of carbonyl (C=O) groups excluding carboxylic acids is 1. The Balaban J connectivity index is 1.97. The summed E-state index contributed by atoms with van der Waals surface area (Å²) in [6.45, 7) is -0.318. The number of amides is 1. The van der Waals surface area contributed by atoms with Crippen LogP contribution in [0.1, 0.15) is 10.4 Å². The van der Waals surface area contributed by atoms with Crippen LogP contribution in [-0.4, -0.2) is 49.2 Å². The lowest BCUT2D eigenvalue weighted by Gasteiger charge is -2.03. The second-order valence-electron chi connectivity index (χ2n) is 4.58. The topological polar surface area (TPSA) is 126 Å². The number of carboxylic acids is 1. The van der Waals surface area contributed by atoms with Crippen LogP contribution in [0.5, 0.6) is 0 Å². The molecule has 2 heterocycles. The average Bonchev–Trinajstić information content (AvgIpc) is 3.14. The molecule has 23 heavy (non-hydrogen) atoms. The van der Waals surface area contributed by atoms with Crippen LogP contribution in [0.2, 0.25) is 0 Å². The lowest BCUT2D eigenvalue weighted by atomic mass is 10.1. The Bertz CT molecular complexity index is 887. The van der Waals surface area contributed by atoms with Crippen molar-refractivity contribution in [1.82, 2.24) is 30.5 Å². The third kappa shape index (κ3) is 2.88. The predicted molar refractivity (Wildman–Crippen MR) is 81.3 cm³/mol. The van der Waals surface area contributed by atoms with Gasteiger partial charge in [-0.15, -0.1) is 5.10 Å². The molecule has 3 N–H and O–H groups in total. The Hall–Kier alpha value is -2.88. The first-order chi connectivity index (χ1) is 11.1. The smallest absolute Gasteiger partial charge is 0.325 e. The van der Waals surface area contributed by atoms with E-state index in [4.69, 9.17) is 5.11 Å². The van der Waals surface area contributed by atoms with E-state index in [1.54, 1.807) is 25.4 Å². The van der Waals surface area contributed by atoms with Gasteiger partial charge in [-0.05, 0) is 28.3 Å². The summed E-state index contributed by atoms with van der Waals surface area (Å²) in [6, 6.07) is 5.37. The van der Waals surface area contributed by atoms with Crippen molar-refractivity contribution in [3.63, 3.8) is 0 Å². The summed E-state index contributed by atoms with van der Waals surface area (Å²) in [5.41, 5.74) is 1.23. The number of nitrogens with one attached hydrogen (secondary N) is 2. The summed E-state index contributed by atoms with van der Waals surface area (Å²) in [6.07, 6.45) is 1.74. The van der Waals surface area contributed by atoms with Crippen LogP contribution in [0.4, 0.5) is 0 Å². The molecule has 118 valence electrons. The van der Waals surface area contributed by atoms with Gasteiger partial charge in [0.15, 0.2) is 0 Å². The number of tetrazole rings is 1. The fourth-order valence-electron chi connectivity index (χ4n) is 2.13. The number of aromatic nitrogens is 5. The number of aliphatic carboxylic acids is 1. The molecule has 0 aliphatic carbocycles. The predicted octanol–water partition coefficient (Wildman–Crippen LogP) is 0.750. The number of nitrogens with zero attached hydrogens (tertiary/aromatic N) is 4. The number of H-pyrrole nitrogens is 1. The van der Waals surface area contributed by atoms with E-state index in [0.717, 1.165) is 10.3 Å². The summed E-state index contributed by atoms with van der Waals surface area (Å²) in [5.74, 6) is -1.22. The van der Waals surface area contributed by atoms with Gasteiger partial charge in [-0.25, -0.2) is 4.68 Å². The molecule has 0 radical (unpaired) electrons. The minimum atomic E-state index is -1.03. The number of carboxylic acid groups (broad SMARTS) is 1. The van der Waals surface area contributed by atoms with Crippen molar-refractivity contribution in [2.45, 2.75) is 16.6 Å². The maximum atomic E-state index is 11.9. The fraction of sp³-hybridized carbons (Fsp3) is 0.154. The molecule has 0 saturated carbocycles. The zero-order chi connectivity index (χ0) is 16.4. The van der Waals surface area contributed by atoms with Gasteiger partial charge in [0.1, 0.15) is 6.54 Å². The molecule has 0 bridgehead atoms. The van der Waals surface area contributed by atoms with Crippen molar-refractivity contribution in [2.75, 3.05) is 7.05 Å². The van der Waals surface area contributed by atoms with E-state index < -0.39 is 5.97 Å². The molecule has 0 saturated heterocycles. The number of hydrogen-bond acceptors (Lipinski definition) is 6. The number of para-hydroxylation sites is 1. The second-order valence-corrected chi connectivity index (χ2v) is 5.58. The van der Waals surface area contributed by atoms with Gasteiger partial charge in [-0.1, -0.05) is 12.1 Å². The van der Waals surface area contributed by atoms with Gasteiger partial charge in [0.25, 0.3) is 5.91 Å². The normalized spacial score (nSPS) is 10.8. The highest BCUT2D eigenvalue weighted by Gasteiger charge is 2.16. The Morgan fingerprint density at radius 1 is 1.43 bits per heavy atom. The van der Waals surface area contributed by atoms with Crippen molar-refractivity contribution < 1.29 is 14.7 Å². The lowest BCUT2D eigenvalue weighted by Crippen LogP contribution is -2.18. The maximum Gasteiger partial charge on any atom is 0.325 e. The van der Waals surface area contributed by atoms with Crippen molar-refractivity contribution in [3.05, 3.63) is 30.0 Å². The van der Waals surface area contributed by atoms with Gasteiger partial charge >= 0.3 is 5.97 Å². The Kier molecular flexibility index (Phi) is 3.98. The lowest BCUT2D eigenvalue weighted by molar-refractivity contribution is -0.138. The highest BCUT2D eigenvalue weighted by atomic mass is 32.2. The molecule has 0 aliphatic rings. The fourth-order valence-corrected chi connectivity index (χ4v) is 3.01. The molecule has 1 aromatic carbocycles. The minimum Gasteiger partial charge on any atom is -0.480 e. The first kappa shape index (κ1) is 15.0. The summed E-state index contributed by atoms with van der Waals surface area (Å²) in [4.78, 5) is 26.6. The van der Waals surface area contributed by atoms with Gasteiger partial charge in [0.2, 0.25) is 5.16 Å². The standard InChI is InChI=1S/C13H12N6O3S/c1-14-12(22)8-4-2-3-7-9(5-15-11(7)8)23-13-16-17-18-19(13)6-10(20)21/h2-5,15H,6H2,1H3,(H,14,22)(H,20,21). The molecule has 3 rings (SSSR count). The SMILES string of the molecule is CNC(=O)c1cccc2c(Sc3nnnn3CC(=O)O)c[nH]c12. The van der Waals surface area contributed by atoms with Gasteiger partial charge in [-0.2, -0.15) is 0 Å². The largest absolute Gasteiger partial charge is 0.480 e. The minimum absolute atomic E-state index is 0.190. The Morgan fingerprint density at radius 2 is 2.26 bits per heavy atom. The summed E-state index contributed by atoms with van der Waals surface area (Å²) < 4.78 is 1.20. The summed E-state index contributed by atoms with van der Waals surface area (Å²) in [7, 11) is 1.57. The molecule has 0 aliphatic heterocycles. The van der Waals surface area contributed by atoms with Crippen LogP contribution in [-0.2, 0) is 11.3 Å². The van der Waals surface area contributed by atoms with Crippen LogP contribution in [0.25, 0.3) is 10.9 Å². The third-order valence-electron chi connectivity index (χ3n) is 3.13. The Labute approximate surface area is 134 Å². The van der Waals surface area contributed by atoms with Crippen molar-refractivity contribution >= 4 is 34.5 Å². The number of aromatic amines is 1. The molecule has 2 aromatic heterocycles. The molecule has 3 aromatic rings. The molecule has 1 amide bonds. The van der Waals surface area contributed by atoms with Crippen molar-refractivity contribution in [1.29, 1.82) is 0 Å². The van der Waals surface area contributed by atoms with E-state index in [-0.39, 0.29) is 12.5 Å². The van der Waals surface area contributed by atoms with Crippen molar-refractivity contribution in [3.8, 4) is 0 Å². The monoisotopic (exact) mass is 332 g/mol. The number of rotatable bonds is 5. The van der Waals surface area contributed by atoms with Crippen molar-refractivity contribution in [2.24, 2.45) is 0 Å². The Morgan fingerprint density at radius 3 is 3.00 bits per heavy atom.